The number of hydrogen-bond acceptors (Lipinski definition) is 3. The molecule has 0 bridgehead atoms. The van der Waals surface area contributed by atoms with E-state index in [2.05, 4.69) is 10.6 Å². The molecule has 0 unspecified atom stereocenters. The fraction of sp³-hybridized carbons (Fsp3) is 0.562. The number of benzene rings is 1. The molecule has 1 heterocycles. The van der Waals surface area contributed by atoms with Gasteiger partial charge in [-0.1, -0.05) is 12.1 Å². The molecule has 122 valence electrons. The zero-order valence-corrected chi connectivity index (χ0v) is 13.2. The Morgan fingerprint density at radius 1 is 1.32 bits per heavy atom. The molecule has 1 saturated heterocycles. The van der Waals surface area contributed by atoms with E-state index in [0.29, 0.717) is 12.6 Å². The molecule has 1 aliphatic carbocycles. The lowest BCUT2D eigenvalue weighted by molar-refractivity contribution is -0.128. The molecule has 1 amide bonds. The summed E-state index contributed by atoms with van der Waals surface area (Å²) >= 11 is 0. The fourth-order valence-electron chi connectivity index (χ4n) is 3.19. The number of rotatable bonds is 3. The number of fused-ring (bicyclic) bond motifs is 1. The van der Waals surface area contributed by atoms with Crippen LogP contribution in [0.25, 0.3) is 0 Å². The van der Waals surface area contributed by atoms with Gasteiger partial charge in [0.25, 0.3) is 0 Å². The molecule has 0 aromatic heterocycles. The van der Waals surface area contributed by atoms with Gasteiger partial charge in [-0.3, -0.25) is 4.79 Å². The van der Waals surface area contributed by atoms with E-state index in [1.54, 1.807) is 12.1 Å². The maximum atomic E-state index is 12.8. The molecule has 3 atom stereocenters. The number of carbonyl (C=O) groups excluding carboxylic acids is 1. The minimum Gasteiger partial charge on any atom is -0.375 e. The van der Waals surface area contributed by atoms with E-state index in [-0.39, 0.29) is 36.2 Å². The first-order valence-corrected chi connectivity index (χ1v) is 7.59. The van der Waals surface area contributed by atoms with Gasteiger partial charge in [-0.2, -0.15) is 0 Å². The number of amides is 1. The average Bonchev–Trinajstić information content (AvgIpc) is 2.53. The van der Waals surface area contributed by atoms with Gasteiger partial charge in [0.1, 0.15) is 5.82 Å². The molecular weight excluding hydrogens is 307 g/mol. The number of morpholine rings is 1. The molecule has 2 fully saturated rings. The normalized spacial score (nSPS) is 27.4. The molecule has 0 radical (unpaired) electrons. The molecule has 2 N–H and O–H groups in total. The third kappa shape index (κ3) is 4.18. The van der Waals surface area contributed by atoms with Crippen molar-refractivity contribution in [3.8, 4) is 0 Å². The molecule has 4 nitrogen and oxygen atoms in total. The van der Waals surface area contributed by atoms with Gasteiger partial charge in [-0.05, 0) is 37.0 Å². The van der Waals surface area contributed by atoms with E-state index in [4.69, 9.17) is 4.74 Å². The molecule has 3 rings (SSSR count). The Morgan fingerprint density at radius 2 is 2.09 bits per heavy atom. The minimum absolute atomic E-state index is 0. The summed E-state index contributed by atoms with van der Waals surface area (Å²) in [6.07, 6.45) is 2.91. The van der Waals surface area contributed by atoms with E-state index in [1.165, 1.54) is 12.1 Å². The second kappa shape index (κ2) is 7.90. The number of nitrogens with one attached hydrogen (secondary N) is 2. The van der Waals surface area contributed by atoms with Crippen molar-refractivity contribution < 1.29 is 13.9 Å². The van der Waals surface area contributed by atoms with Gasteiger partial charge < -0.3 is 15.4 Å². The summed E-state index contributed by atoms with van der Waals surface area (Å²) in [5, 5.41) is 6.39. The summed E-state index contributed by atoms with van der Waals surface area (Å²) in [7, 11) is 0. The molecular formula is C16H22ClFN2O2. The van der Waals surface area contributed by atoms with Crippen molar-refractivity contribution in [2.24, 2.45) is 5.92 Å². The Morgan fingerprint density at radius 3 is 2.86 bits per heavy atom. The highest BCUT2D eigenvalue weighted by Gasteiger charge is 2.35. The van der Waals surface area contributed by atoms with Crippen LogP contribution >= 0.6 is 12.4 Å². The number of carbonyl (C=O) groups is 1. The zero-order chi connectivity index (χ0) is 14.7. The van der Waals surface area contributed by atoms with Gasteiger partial charge in [0, 0.05) is 25.0 Å². The van der Waals surface area contributed by atoms with E-state index < -0.39 is 0 Å². The average molecular weight is 329 g/mol. The maximum absolute atomic E-state index is 12.8. The zero-order valence-electron chi connectivity index (χ0n) is 12.4. The van der Waals surface area contributed by atoms with Gasteiger partial charge in [0.2, 0.25) is 5.91 Å². The summed E-state index contributed by atoms with van der Waals surface area (Å²) in [6.45, 7) is 2.08. The van der Waals surface area contributed by atoms with Crippen LogP contribution in [0.15, 0.2) is 24.3 Å². The van der Waals surface area contributed by atoms with Crippen LogP contribution in [-0.4, -0.2) is 31.2 Å². The van der Waals surface area contributed by atoms with Crippen molar-refractivity contribution >= 4 is 18.3 Å². The fourth-order valence-corrected chi connectivity index (χ4v) is 3.19. The highest BCUT2D eigenvalue weighted by atomic mass is 35.5. The SMILES string of the molecule is Cl.O=C(NCc1ccc(F)cc1)[C@H]1CC[C@H]2OCCN[C@@H]2C1. The molecule has 0 spiro atoms. The molecule has 1 aromatic rings. The lowest BCUT2D eigenvalue weighted by Gasteiger charge is -2.39. The molecule has 1 aromatic carbocycles. The first-order chi connectivity index (χ1) is 10.2. The van der Waals surface area contributed by atoms with Gasteiger partial charge in [-0.15, -0.1) is 12.4 Å². The van der Waals surface area contributed by atoms with E-state index in [1.807, 2.05) is 0 Å². The third-order valence-corrected chi connectivity index (χ3v) is 4.38. The van der Waals surface area contributed by atoms with Gasteiger partial charge in [-0.25, -0.2) is 4.39 Å². The Bertz CT molecular complexity index is 497. The van der Waals surface area contributed by atoms with Gasteiger partial charge in [0.15, 0.2) is 0 Å². The standard InChI is InChI=1S/C16H21FN2O2.ClH/c17-13-4-1-11(2-5-13)10-19-16(20)12-3-6-15-14(9-12)18-7-8-21-15;/h1-2,4-5,12,14-15,18H,3,6-10H2,(H,19,20);1H/t12-,14+,15+;/m0./s1. The Kier molecular flexibility index (Phi) is 6.17. The van der Waals surface area contributed by atoms with Crippen LogP contribution in [0.2, 0.25) is 0 Å². The van der Waals surface area contributed by atoms with Crippen LogP contribution in [0.3, 0.4) is 0 Å². The van der Waals surface area contributed by atoms with Crippen LogP contribution in [-0.2, 0) is 16.1 Å². The molecule has 2 aliphatic rings. The summed E-state index contributed by atoms with van der Waals surface area (Å²) in [6, 6.07) is 6.52. The molecule has 1 saturated carbocycles. The highest BCUT2D eigenvalue weighted by molar-refractivity contribution is 5.85. The summed E-state index contributed by atoms with van der Waals surface area (Å²) in [5.74, 6) is -0.127. The first kappa shape index (κ1) is 17.2. The Balaban J connectivity index is 0.00000176. The largest absolute Gasteiger partial charge is 0.375 e. The quantitative estimate of drug-likeness (QED) is 0.892. The van der Waals surface area contributed by atoms with Crippen LogP contribution in [0.5, 0.6) is 0 Å². The first-order valence-electron chi connectivity index (χ1n) is 7.59. The Labute approximate surface area is 136 Å². The topological polar surface area (TPSA) is 50.4 Å². The molecule has 1 aliphatic heterocycles. The predicted molar refractivity (Wildman–Crippen MR) is 84.4 cm³/mol. The number of hydrogen-bond donors (Lipinski definition) is 2. The highest BCUT2D eigenvalue weighted by Crippen LogP contribution is 2.28. The number of ether oxygens (including phenoxy) is 1. The summed E-state index contributed by atoms with van der Waals surface area (Å²) < 4.78 is 18.5. The van der Waals surface area contributed by atoms with E-state index >= 15 is 0 Å². The second-order valence-corrected chi connectivity index (χ2v) is 5.82. The van der Waals surface area contributed by atoms with Crippen LogP contribution < -0.4 is 10.6 Å². The predicted octanol–water partition coefficient (Wildman–Crippen LogP) is 2.02. The monoisotopic (exact) mass is 328 g/mol. The van der Waals surface area contributed by atoms with Gasteiger partial charge >= 0.3 is 0 Å². The van der Waals surface area contributed by atoms with Crippen molar-refractivity contribution in [1.82, 2.24) is 10.6 Å². The van der Waals surface area contributed by atoms with Crippen molar-refractivity contribution in [2.45, 2.75) is 38.0 Å². The van der Waals surface area contributed by atoms with Gasteiger partial charge in [0.05, 0.1) is 12.7 Å². The maximum Gasteiger partial charge on any atom is 0.223 e. The van der Waals surface area contributed by atoms with Crippen molar-refractivity contribution in [2.75, 3.05) is 13.2 Å². The van der Waals surface area contributed by atoms with Crippen LogP contribution in [0.4, 0.5) is 4.39 Å². The molecule has 6 heteroatoms. The van der Waals surface area contributed by atoms with Crippen LogP contribution in [0.1, 0.15) is 24.8 Å². The summed E-state index contributed by atoms with van der Waals surface area (Å²) in [4.78, 5) is 12.3. The lowest BCUT2D eigenvalue weighted by Crippen LogP contribution is -2.53. The lowest BCUT2D eigenvalue weighted by atomic mass is 9.82. The van der Waals surface area contributed by atoms with Crippen molar-refractivity contribution in [3.05, 3.63) is 35.6 Å². The van der Waals surface area contributed by atoms with Crippen molar-refractivity contribution in [1.29, 1.82) is 0 Å². The Hall–Kier alpha value is -1.17. The number of halogens is 2. The molecule has 22 heavy (non-hydrogen) atoms. The third-order valence-electron chi connectivity index (χ3n) is 4.38. The summed E-state index contributed by atoms with van der Waals surface area (Å²) in [5.41, 5.74) is 0.914. The smallest absolute Gasteiger partial charge is 0.223 e. The minimum atomic E-state index is -0.258. The van der Waals surface area contributed by atoms with E-state index in [9.17, 15) is 9.18 Å². The van der Waals surface area contributed by atoms with E-state index in [0.717, 1.165) is 38.0 Å². The van der Waals surface area contributed by atoms with Crippen molar-refractivity contribution in [3.63, 3.8) is 0 Å². The second-order valence-electron chi connectivity index (χ2n) is 5.82. The van der Waals surface area contributed by atoms with Crippen LogP contribution in [0, 0.1) is 11.7 Å².